The van der Waals surface area contributed by atoms with Gasteiger partial charge in [0.2, 0.25) is 0 Å². The molecule has 1 saturated heterocycles. The Bertz CT molecular complexity index is 155. The first-order valence-electron chi connectivity index (χ1n) is 6.25. The second-order valence-electron chi connectivity index (χ2n) is 5.80. The Morgan fingerprint density at radius 3 is 2.14 bits per heavy atom. The molecule has 0 aromatic heterocycles. The predicted octanol–water partition coefficient (Wildman–Crippen LogP) is 3.54. The molecule has 0 unspecified atom stereocenters. The van der Waals surface area contributed by atoms with Crippen LogP contribution < -0.4 is 0 Å². The van der Waals surface area contributed by atoms with Crippen LogP contribution in [0.3, 0.4) is 0 Å². The van der Waals surface area contributed by atoms with E-state index in [1.54, 1.807) is 0 Å². The molecule has 0 aromatic carbocycles. The van der Waals surface area contributed by atoms with Crippen molar-refractivity contribution >= 4 is 0 Å². The molecule has 1 nitrogen and oxygen atoms in total. The van der Waals surface area contributed by atoms with E-state index in [-0.39, 0.29) is 0 Å². The van der Waals surface area contributed by atoms with Crippen molar-refractivity contribution in [1.29, 1.82) is 0 Å². The van der Waals surface area contributed by atoms with Crippen LogP contribution in [0.4, 0.5) is 0 Å². The van der Waals surface area contributed by atoms with Crippen LogP contribution in [0.5, 0.6) is 0 Å². The first-order chi connectivity index (χ1) is 6.52. The Balaban J connectivity index is 2.24. The van der Waals surface area contributed by atoms with Crippen LogP contribution in [0.2, 0.25) is 0 Å². The minimum Gasteiger partial charge on any atom is -0.303 e. The Morgan fingerprint density at radius 2 is 1.64 bits per heavy atom. The van der Waals surface area contributed by atoms with Crippen LogP contribution in [0.15, 0.2) is 0 Å². The summed E-state index contributed by atoms with van der Waals surface area (Å²) in [5.41, 5.74) is 0.511. The topological polar surface area (TPSA) is 3.24 Å². The van der Waals surface area contributed by atoms with Gasteiger partial charge in [-0.15, -0.1) is 0 Å². The van der Waals surface area contributed by atoms with Crippen molar-refractivity contribution in [3.8, 4) is 0 Å². The number of nitrogens with zero attached hydrogens (tertiary/aromatic N) is 1. The van der Waals surface area contributed by atoms with Gasteiger partial charge in [-0.25, -0.2) is 0 Å². The normalized spacial score (nSPS) is 20.4. The molecule has 0 bridgehead atoms. The summed E-state index contributed by atoms with van der Waals surface area (Å²) in [5.74, 6) is 0.798. The molecule has 0 radical (unpaired) electrons. The fourth-order valence-corrected chi connectivity index (χ4v) is 1.92. The largest absolute Gasteiger partial charge is 0.303 e. The lowest BCUT2D eigenvalue weighted by molar-refractivity contribution is 0.158. The van der Waals surface area contributed by atoms with Crippen molar-refractivity contribution in [2.75, 3.05) is 19.6 Å². The van der Waals surface area contributed by atoms with Gasteiger partial charge in [0.05, 0.1) is 0 Å². The lowest BCUT2D eigenvalue weighted by Gasteiger charge is -2.34. The maximum atomic E-state index is 2.65. The molecule has 0 atom stereocenters. The molecule has 0 aliphatic carbocycles. The van der Waals surface area contributed by atoms with E-state index in [9.17, 15) is 0 Å². The number of likely N-dealkylation sites (tertiary alicyclic amines) is 1. The van der Waals surface area contributed by atoms with Crippen LogP contribution in [0, 0.1) is 11.3 Å². The molecule has 0 aromatic rings. The summed E-state index contributed by atoms with van der Waals surface area (Å²) in [5, 5.41) is 0. The monoisotopic (exact) mass is 197 g/mol. The summed E-state index contributed by atoms with van der Waals surface area (Å²) in [6.07, 6.45) is 5.64. The molecule has 1 heterocycles. The molecule has 0 saturated carbocycles. The van der Waals surface area contributed by atoms with Crippen LogP contribution >= 0.6 is 0 Å². The third-order valence-electron chi connectivity index (χ3n) is 4.08. The van der Waals surface area contributed by atoms with Crippen molar-refractivity contribution in [1.82, 2.24) is 4.90 Å². The highest BCUT2D eigenvalue weighted by Gasteiger charge is 2.23. The van der Waals surface area contributed by atoms with E-state index >= 15 is 0 Å². The Labute approximate surface area is 89.9 Å². The van der Waals surface area contributed by atoms with Gasteiger partial charge < -0.3 is 4.90 Å². The highest BCUT2D eigenvalue weighted by Crippen LogP contribution is 2.30. The predicted molar refractivity (Wildman–Crippen MR) is 63.5 cm³/mol. The quantitative estimate of drug-likeness (QED) is 0.666. The van der Waals surface area contributed by atoms with E-state index in [0.29, 0.717) is 5.41 Å². The molecule has 14 heavy (non-hydrogen) atoms. The van der Waals surface area contributed by atoms with Crippen molar-refractivity contribution in [2.24, 2.45) is 11.3 Å². The van der Waals surface area contributed by atoms with Gasteiger partial charge in [0, 0.05) is 0 Å². The maximum absolute atomic E-state index is 2.65. The van der Waals surface area contributed by atoms with Gasteiger partial charge >= 0.3 is 0 Å². The maximum Gasteiger partial charge on any atom is -0.00136 e. The van der Waals surface area contributed by atoms with Gasteiger partial charge in [0.25, 0.3) is 0 Å². The van der Waals surface area contributed by atoms with Gasteiger partial charge in [-0.2, -0.15) is 0 Å². The fraction of sp³-hybridized carbons (Fsp3) is 1.00. The molecule has 0 N–H and O–H groups in total. The molecule has 1 heteroatoms. The smallest absolute Gasteiger partial charge is 0.00136 e. The summed E-state index contributed by atoms with van der Waals surface area (Å²) in [7, 11) is 0. The molecule has 1 rings (SSSR count). The third-order valence-corrected chi connectivity index (χ3v) is 4.08. The Morgan fingerprint density at radius 1 is 1.07 bits per heavy atom. The molecule has 84 valence electrons. The highest BCUT2D eigenvalue weighted by molar-refractivity contribution is 4.75. The summed E-state index contributed by atoms with van der Waals surface area (Å²) in [6, 6.07) is 0. The van der Waals surface area contributed by atoms with E-state index in [0.717, 1.165) is 5.92 Å². The molecule has 1 aliphatic heterocycles. The standard InChI is InChI=1S/C13H27N/c1-12(2)13(3,4)8-11-14-9-6-5-7-10-14/h12H,5-11H2,1-4H3. The van der Waals surface area contributed by atoms with Gasteiger partial charge in [0.15, 0.2) is 0 Å². The lowest BCUT2D eigenvalue weighted by Crippen LogP contribution is -2.34. The van der Waals surface area contributed by atoms with Gasteiger partial charge in [-0.05, 0) is 50.2 Å². The molecular weight excluding hydrogens is 170 g/mol. The summed E-state index contributed by atoms with van der Waals surface area (Å²) < 4.78 is 0. The first-order valence-corrected chi connectivity index (χ1v) is 6.25. The number of rotatable bonds is 4. The lowest BCUT2D eigenvalue weighted by atomic mass is 9.78. The second-order valence-corrected chi connectivity index (χ2v) is 5.80. The van der Waals surface area contributed by atoms with E-state index in [2.05, 4.69) is 32.6 Å². The molecule has 0 amide bonds. The first kappa shape index (κ1) is 12.0. The minimum atomic E-state index is 0.511. The van der Waals surface area contributed by atoms with Gasteiger partial charge in [0.1, 0.15) is 0 Å². The van der Waals surface area contributed by atoms with E-state index in [1.807, 2.05) is 0 Å². The molecule has 1 aliphatic rings. The van der Waals surface area contributed by atoms with Crippen molar-refractivity contribution < 1.29 is 0 Å². The van der Waals surface area contributed by atoms with Crippen LogP contribution in [-0.4, -0.2) is 24.5 Å². The van der Waals surface area contributed by atoms with Crippen LogP contribution in [0.25, 0.3) is 0 Å². The van der Waals surface area contributed by atoms with Gasteiger partial charge in [-0.1, -0.05) is 34.1 Å². The van der Waals surface area contributed by atoms with Crippen LogP contribution in [0.1, 0.15) is 53.4 Å². The highest BCUT2D eigenvalue weighted by atomic mass is 15.1. The molecular formula is C13H27N. The number of hydrogen-bond acceptors (Lipinski definition) is 1. The average molecular weight is 197 g/mol. The minimum absolute atomic E-state index is 0.511. The van der Waals surface area contributed by atoms with Crippen LogP contribution in [-0.2, 0) is 0 Å². The molecule has 1 fully saturated rings. The second kappa shape index (κ2) is 5.16. The Kier molecular flexibility index (Phi) is 4.43. The Hall–Kier alpha value is -0.0400. The van der Waals surface area contributed by atoms with E-state index < -0.39 is 0 Å². The summed E-state index contributed by atoms with van der Waals surface area (Å²) in [6.45, 7) is 13.5. The van der Waals surface area contributed by atoms with Crippen molar-refractivity contribution in [3.63, 3.8) is 0 Å². The third kappa shape index (κ3) is 3.61. The van der Waals surface area contributed by atoms with E-state index in [4.69, 9.17) is 0 Å². The zero-order valence-electron chi connectivity index (χ0n) is 10.5. The number of piperidine rings is 1. The van der Waals surface area contributed by atoms with Crippen molar-refractivity contribution in [3.05, 3.63) is 0 Å². The zero-order chi connectivity index (χ0) is 10.6. The fourth-order valence-electron chi connectivity index (χ4n) is 1.92. The van der Waals surface area contributed by atoms with E-state index in [1.165, 1.54) is 45.3 Å². The average Bonchev–Trinajstić information content (AvgIpc) is 2.16. The summed E-state index contributed by atoms with van der Waals surface area (Å²) in [4.78, 5) is 2.65. The zero-order valence-corrected chi connectivity index (χ0v) is 10.5. The van der Waals surface area contributed by atoms with Gasteiger partial charge in [-0.3, -0.25) is 0 Å². The SMILES string of the molecule is CC(C)C(C)(C)CCN1CCCCC1. The summed E-state index contributed by atoms with van der Waals surface area (Å²) >= 11 is 0. The number of hydrogen-bond donors (Lipinski definition) is 0. The molecule has 0 spiro atoms. The van der Waals surface area contributed by atoms with Crippen molar-refractivity contribution in [2.45, 2.75) is 53.4 Å².